The zero-order valence-corrected chi connectivity index (χ0v) is 13.3. The first-order valence-electron chi connectivity index (χ1n) is 7.70. The third-order valence-corrected chi connectivity index (χ3v) is 5.45. The van der Waals surface area contributed by atoms with E-state index in [1.165, 1.54) is 0 Å². The van der Waals surface area contributed by atoms with Gasteiger partial charge in [0.2, 0.25) is 6.79 Å². The molecule has 0 aliphatic carbocycles. The Balaban J connectivity index is 1.55. The fourth-order valence-corrected chi connectivity index (χ4v) is 4.05. The van der Waals surface area contributed by atoms with Crippen molar-refractivity contribution >= 4 is 17.6 Å². The van der Waals surface area contributed by atoms with Crippen molar-refractivity contribution in [1.29, 1.82) is 0 Å². The minimum atomic E-state index is -0.791. The Bertz CT molecular complexity index is 652. The number of hydrogen-bond acceptors (Lipinski definition) is 5. The molecule has 3 aliphatic rings. The second kappa shape index (κ2) is 5.54. The van der Waals surface area contributed by atoms with Crippen molar-refractivity contribution < 1.29 is 24.1 Å². The van der Waals surface area contributed by atoms with Crippen molar-refractivity contribution in [2.24, 2.45) is 11.3 Å². The highest BCUT2D eigenvalue weighted by atomic mass is 35.5. The van der Waals surface area contributed by atoms with Gasteiger partial charge >= 0.3 is 5.97 Å². The summed E-state index contributed by atoms with van der Waals surface area (Å²) in [4.78, 5) is 14.0. The van der Waals surface area contributed by atoms with Crippen LogP contribution in [0.5, 0.6) is 11.5 Å². The van der Waals surface area contributed by atoms with Crippen LogP contribution in [-0.2, 0) is 16.1 Å². The molecule has 2 atom stereocenters. The summed E-state index contributed by atoms with van der Waals surface area (Å²) in [6.07, 6.45) is 0.789. The molecule has 2 fully saturated rings. The minimum absolute atomic E-state index is 0.126. The van der Waals surface area contributed by atoms with E-state index in [-0.39, 0.29) is 12.7 Å². The molecule has 0 saturated carbocycles. The number of ether oxygens (including phenoxy) is 3. The van der Waals surface area contributed by atoms with Gasteiger partial charge < -0.3 is 19.3 Å². The first-order chi connectivity index (χ1) is 11.1. The molecule has 0 spiro atoms. The maximum Gasteiger partial charge on any atom is 0.313 e. The number of fused-ring (bicyclic) bond motifs is 2. The van der Waals surface area contributed by atoms with Gasteiger partial charge in [0.05, 0.1) is 6.61 Å². The van der Waals surface area contributed by atoms with Crippen LogP contribution >= 0.6 is 11.6 Å². The average Bonchev–Trinajstić information content (AvgIpc) is 3.11. The number of carbonyl (C=O) groups is 1. The normalized spacial score (nSPS) is 29.5. The molecule has 1 N–H and O–H groups in total. The van der Waals surface area contributed by atoms with Gasteiger partial charge in [-0.1, -0.05) is 11.6 Å². The topological polar surface area (TPSA) is 68.2 Å². The Morgan fingerprint density at radius 2 is 2.17 bits per heavy atom. The molecule has 7 heteroatoms. The predicted molar refractivity (Wildman–Crippen MR) is 81.8 cm³/mol. The van der Waals surface area contributed by atoms with Gasteiger partial charge in [-0.25, -0.2) is 0 Å². The van der Waals surface area contributed by atoms with E-state index >= 15 is 0 Å². The summed E-state index contributed by atoms with van der Waals surface area (Å²) in [5.74, 6) is 0.713. The highest BCUT2D eigenvalue weighted by Gasteiger charge is 2.54. The number of rotatable bonds is 3. The molecule has 6 nitrogen and oxygen atoms in total. The predicted octanol–water partition coefficient (Wildman–Crippen LogP) is 1.99. The van der Waals surface area contributed by atoms with E-state index in [2.05, 4.69) is 4.90 Å². The van der Waals surface area contributed by atoms with Crippen LogP contribution in [-0.4, -0.2) is 49.1 Å². The van der Waals surface area contributed by atoms with Gasteiger partial charge in [-0.15, -0.1) is 0 Å². The van der Waals surface area contributed by atoms with Gasteiger partial charge in [0, 0.05) is 37.3 Å². The average molecular weight is 340 g/mol. The Hall–Kier alpha value is -1.50. The van der Waals surface area contributed by atoms with Gasteiger partial charge in [0.1, 0.15) is 5.41 Å². The maximum atomic E-state index is 11.8. The van der Waals surface area contributed by atoms with Crippen molar-refractivity contribution in [3.8, 4) is 11.5 Å². The van der Waals surface area contributed by atoms with Crippen molar-refractivity contribution in [2.75, 3.05) is 33.1 Å². The number of likely N-dealkylation sites (tertiary alicyclic amines) is 1. The molecule has 0 bridgehead atoms. The molecule has 1 aromatic carbocycles. The lowest BCUT2D eigenvalue weighted by Crippen LogP contribution is -2.46. The van der Waals surface area contributed by atoms with Crippen molar-refractivity contribution in [1.82, 2.24) is 4.90 Å². The summed E-state index contributed by atoms with van der Waals surface area (Å²) in [5.41, 5.74) is 0.136. The highest BCUT2D eigenvalue weighted by molar-refractivity contribution is 6.31. The van der Waals surface area contributed by atoms with Gasteiger partial charge in [-0.2, -0.15) is 0 Å². The third kappa shape index (κ3) is 2.45. The van der Waals surface area contributed by atoms with Crippen LogP contribution in [0.15, 0.2) is 12.1 Å². The molecule has 23 heavy (non-hydrogen) atoms. The van der Waals surface area contributed by atoms with E-state index in [1.54, 1.807) is 6.07 Å². The first kappa shape index (κ1) is 15.1. The van der Waals surface area contributed by atoms with Crippen molar-refractivity contribution in [3.05, 3.63) is 22.7 Å². The molecule has 3 aliphatic heterocycles. The lowest BCUT2D eigenvalue weighted by molar-refractivity contribution is -0.159. The summed E-state index contributed by atoms with van der Waals surface area (Å²) >= 11 is 6.33. The van der Waals surface area contributed by atoms with Gasteiger partial charge in [-0.05, 0) is 24.0 Å². The van der Waals surface area contributed by atoms with Crippen LogP contribution in [0.3, 0.4) is 0 Å². The molecule has 0 amide bonds. The lowest BCUT2D eigenvalue weighted by atomic mass is 9.76. The van der Waals surface area contributed by atoms with E-state index < -0.39 is 11.4 Å². The zero-order valence-electron chi connectivity index (χ0n) is 12.6. The quantitative estimate of drug-likeness (QED) is 0.908. The smallest absolute Gasteiger partial charge is 0.313 e. The summed E-state index contributed by atoms with van der Waals surface area (Å²) in [5, 5.41) is 10.3. The fraction of sp³-hybridized carbons (Fsp3) is 0.562. The Labute approximate surface area is 138 Å². The minimum Gasteiger partial charge on any atom is -0.481 e. The summed E-state index contributed by atoms with van der Waals surface area (Å²) < 4.78 is 16.2. The molecular weight excluding hydrogens is 322 g/mol. The Morgan fingerprint density at radius 1 is 1.39 bits per heavy atom. The van der Waals surface area contributed by atoms with E-state index in [0.29, 0.717) is 42.8 Å². The SMILES string of the molecule is O=C(O)[C@]12COCC[C@H]1CN(Cc1cc3c(cc1Cl)OCO3)C2. The molecule has 2 saturated heterocycles. The van der Waals surface area contributed by atoms with Gasteiger partial charge in [0.25, 0.3) is 0 Å². The number of carboxylic acids is 1. The Kier molecular flexibility index (Phi) is 3.63. The second-order valence-corrected chi connectivity index (χ2v) is 6.87. The molecule has 4 rings (SSSR count). The fourth-order valence-electron chi connectivity index (χ4n) is 3.84. The number of aliphatic carboxylic acids is 1. The molecule has 0 unspecified atom stereocenters. The summed E-state index contributed by atoms with van der Waals surface area (Å²) in [6, 6.07) is 3.65. The van der Waals surface area contributed by atoms with Crippen molar-refractivity contribution in [2.45, 2.75) is 13.0 Å². The highest BCUT2D eigenvalue weighted by Crippen LogP contribution is 2.43. The van der Waals surface area contributed by atoms with Gasteiger partial charge in [-0.3, -0.25) is 9.69 Å². The van der Waals surface area contributed by atoms with Crippen LogP contribution in [0.1, 0.15) is 12.0 Å². The number of halogens is 1. The number of carboxylic acid groups (broad SMARTS) is 1. The van der Waals surface area contributed by atoms with E-state index in [0.717, 1.165) is 18.5 Å². The maximum absolute atomic E-state index is 11.8. The summed E-state index contributed by atoms with van der Waals surface area (Å²) in [6.45, 7) is 2.97. The monoisotopic (exact) mass is 339 g/mol. The molecular formula is C16H18ClNO5. The molecule has 0 aromatic heterocycles. The van der Waals surface area contributed by atoms with Crippen molar-refractivity contribution in [3.63, 3.8) is 0 Å². The second-order valence-electron chi connectivity index (χ2n) is 6.47. The van der Waals surface area contributed by atoms with E-state index in [9.17, 15) is 9.90 Å². The van der Waals surface area contributed by atoms with Crippen LogP contribution in [0.4, 0.5) is 0 Å². The van der Waals surface area contributed by atoms with Crippen LogP contribution < -0.4 is 9.47 Å². The zero-order chi connectivity index (χ0) is 16.0. The standard InChI is InChI=1S/C16H18ClNO5/c17-12-4-14-13(22-9-23-14)3-10(12)5-18-6-11-1-2-21-8-16(11,7-18)15(19)20/h3-4,11H,1-2,5-9H2,(H,19,20)/t11-,16+/m0/s1. The Morgan fingerprint density at radius 3 is 2.91 bits per heavy atom. The summed E-state index contributed by atoms with van der Waals surface area (Å²) in [7, 11) is 0. The van der Waals surface area contributed by atoms with Crippen LogP contribution in [0.25, 0.3) is 0 Å². The third-order valence-electron chi connectivity index (χ3n) is 5.10. The number of nitrogens with zero attached hydrogens (tertiary/aromatic N) is 1. The van der Waals surface area contributed by atoms with Crippen LogP contribution in [0, 0.1) is 11.3 Å². The van der Waals surface area contributed by atoms with Gasteiger partial charge in [0.15, 0.2) is 11.5 Å². The molecule has 124 valence electrons. The lowest BCUT2D eigenvalue weighted by Gasteiger charge is -2.34. The molecule has 3 heterocycles. The van der Waals surface area contributed by atoms with Crippen LogP contribution in [0.2, 0.25) is 5.02 Å². The first-order valence-corrected chi connectivity index (χ1v) is 8.08. The van der Waals surface area contributed by atoms with E-state index in [4.69, 9.17) is 25.8 Å². The number of benzene rings is 1. The van der Waals surface area contributed by atoms with E-state index in [1.807, 2.05) is 6.07 Å². The molecule has 0 radical (unpaired) electrons. The largest absolute Gasteiger partial charge is 0.481 e. The number of hydrogen-bond donors (Lipinski definition) is 1. The molecule has 1 aromatic rings.